The van der Waals surface area contributed by atoms with E-state index in [0.717, 1.165) is 44.8 Å². The molecule has 9 nitrogen and oxygen atoms in total. The fraction of sp³-hybridized carbons (Fsp3) is 0.154. The Morgan fingerprint density at radius 1 is 1.03 bits per heavy atom. The summed E-state index contributed by atoms with van der Waals surface area (Å²) in [5, 5.41) is 12.2. The summed E-state index contributed by atoms with van der Waals surface area (Å²) >= 11 is 0. The lowest BCUT2D eigenvalue weighted by Crippen LogP contribution is -2.45. The number of ether oxygens (including phenoxy) is 1. The van der Waals surface area contributed by atoms with Crippen molar-refractivity contribution in [3.05, 3.63) is 78.8 Å². The SMILES string of the molecule is CCOc1ccc2c(c1)N(c1ccc(-c3ncn[nH]3)cc1)C(=O)N(c1ccc3nn(C)cc3c1)C2. The van der Waals surface area contributed by atoms with Gasteiger partial charge in [0.15, 0.2) is 5.82 Å². The molecule has 2 amide bonds. The number of aromatic amines is 1. The lowest BCUT2D eigenvalue weighted by atomic mass is 10.1. The maximum absolute atomic E-state index is 14.0. The van der Waals surface area contributed by atoms with Crippen LogP contribution < -0.4 is 14.5 Å². The maximum atomic E-state index is 14.0. The molecule has 0 saturated heterocycles. The van der Waals surface area contributed by atoms with Crippen molar-refractivity contribution in [1.29, 1.82) is 0 Å². The summed E-state index contributed by atoms with van der Waals surface area (Å²) in [6, 6.07) is 19.4. The minimum atomic E-state index is -0.137. The van der Waals surface area contributed by atoms with Gasteiger partial charge in [-0.1, -0.05) is 6.07 Å². The largest absolute Gasteiger partial charge is 0.494 e. The molecule has 0 unspecified atom stereocenters. The number of nitrogens with zero attached hydrogens (tertiary/aromatic N) is 6. The molecular formula is C26H23N7O2. The normalized spacial score (nSPS) is 13.4. The number of hydrogen-bond donors (Lipinski definition) is 1. The monoisotopic (exact) mass is 465 g/mol. The van der Waals surface area contributed by atoms with Crippen LogP contribution in [0.2, 0.25) is 0 Å². The highest BCUT2D eigenvalue weighted by Gasteiger charge is 2.33. The summed E-state index contributed by atoms with van der Waals surface area (Å²) in [6.07, 6.45) is 3.43. The Kier molecular flexibility index (Phi) is 4.95. The van der Waals surface area contributed by atoms with Crippen LogP contribution in [0.3, 0.4) is 0 Å². The number of urea groups is 1. The molecule has 5 aromatic rings. The van der Waals surface area contributed by atoms with Gasteiger partial charge in [-0.05, 0) is 61.0 Å². The quantitative estimate of drug-likeness (QED) is 0.393. The number of anilines is 3. The van der Waals surface area contributed by atoms with Crippen LogP contribution in [0.25, 0.3) is 22.3 Å². The Morgan fingerprint density at radius 3 is 2.63 bits per heavy atom. The van der Waals surface area contributed by atoms with Crippen LogP contribution in [0.15, 0.2) is 73.2 Å². The molecule has 174 valence electrons. The number of benzene rings is 3. The van der Waals surface area contributed by atoms with Crippen LogP contribution in [-0.4, -0.2) is 37.6 Å². The van der Waals surface area contributed by atoms with Gasteiger partial charge in [0.25, 0.3) is 0 Å². The number of carbonyl (C=O) groups excluding carboxylic acids is 1. The Balaban J connectivity index is 1.44. The number of H-pyrrole nitrogens is 1. The first-order chi connectivity index (χ1) is 17.1. The second-order valence-corrected chi connectivity index (χ2v) is 8.35. The van der Waals surface area contributed by atoms with Gasteiger partial charge in [0.1, 0.15) is 12.1 Å². The van der Waals surface area contributed by atoms with Crippen molar-refractivity contribution in [2.45, 2.75) is 13.5 Å². The summed E-state index contributed by atoms with van der Waals surface area (Å²) in [4.78, 5) is 21.7. The van der Waals surface area contributed by atoms with Crippen molar-refractivity contribution in [2.75, 3.05) is 16.4 Å². The molecule has 0 atom stereocenters. The molecule has 0 fully saturated rings. The standard InChI is InChI=1S/C26H23N7O2/c1-3-35-22-10-6-18-15-32(21-9-11-23-19(12-21)14-31(2)30-23)26(34)33(24(18)13-22)20-7-4-17(5-8-20)25-27-16-28-29-25/h4-14,16H,3,15H2,1-2H3,(H,27,28,29). The van der Waals surface area contributed by atoms with E-state index in [2.05, 4.69) is 20.3 Å². The summed E-state index contributed by atoms with van der Waals surface area (Å²) in [5.74, 6) is 1.40. The van der Waals surface area contributed by atoms with Gasteiger partial charge < -0.3 is 4.74 Å². The molecule has 3 aromatic carbocycles. The van der Waals surface area contributed by atoms with Gasteiger partial charge in [0.05, 0.1) is 30.0 Å². The van der Waals surface area contributed by atoms with Gasteiger partial charge in [-0.15, -0.1) is 0 Å². The number of hydrogen-bond acceptors (Lipinski definition) is 5. The third kappa shape index (κ3) is 3.67. The van der Waals surface area contributed by atoms with Crippen molar-refractivity contribution in [3.63, 3.8) is 0 Å². The summed E-state index contributed by atoms with van der Waals surface area (Å²) in [7, 11) is 1.89. The Labute approximate surface area is 201 Å². The average Bonchev–Trinajstić information content (AvgIpc) is 3.53. The topological polar surface area (TPSA) is 92.2 Å². The highest BCUT2D eigenvalue weighted by Crippen LogP contribution is 2.39. The molecule has 6 rings (SSSR count). The number of carbonyl (C=O) groups is 1. The average molecular weight is 466 g/mol. The molecule has 3 heterocycles. The minimum absolute atomic E-state index is 0.137. The van der Waals surface area contributed by atoms with Crippen LogP contribution in [0.1, 0.15) is 12.5 Å². The fourth-order valence-electron chi connectivity index (χ4n) is 4.47. The first kappa shape index (κ1) is 20.9. The van der Waals surface area contributed by atoms with Crippen molar-refractivity contribution in [1.82, 2.24) is 25.0 Å². The Morgan fingerprint density at radius 2 is 1.86 bits per heavy atom. The third-order valence-electron chi connectivity index (χ3n) is 6.09. The van der Waals surface area contributed by atoms with E-state index in [-0.39, 0.29) is 6.03 Å². The fourth-order valence-corrected chi connectivity index (χ4v) is 4.47. The van der Waals surface area contributed by atoms with Gasteiger partial charge in [-0.25, -0.2) is 9.78 Å². The van der Waals surface area contributed by atoms with Crippen LogP contribution in [-0.2, 0) is 13.6 Å². The van der Waals surface area contributed by atoms with Gasteiger partial charge in [-0.2, -0.15) is 10.2 Å². The second-order valence-electron chi connectivity index (χ2n) is 8.35. The molecular weight excluding hydrogens is 442 g/mol. The number of nitrogens with one attached hydrogen (secondary N) is 1. The van der Waals surface area contributed by atoms with E-state index in [1.54, 1.807) is 14.5 Å². The van der Waals surface area contributed by atoms with E-state index >= 15 is 0 Å². The predicted molar refractivity (Wildman–Crippen MR) is 134 cm³/mol. The molecule has 1 N–H and O–H groups in total. The number of amides is 2. The van der Waals surface area contributed by atoms with Gasteiger partial charge >= 0.3 is 6.03 Å². The van der Waals surface area contributed by atoms with Crippen molar-refractivity contribution in [2.24, 2.45) is 7.05 Å². The van der Waals surface area contributed by atoms with E-state index in [9.17, 15) is 4.79 Å². The van der Waals surface area contributed by atoms with E-state index in [1.165, 1.54) is 6.33 Å². The zero-order valence-electron chi connectivity index (χ0n) is 19.3. The summed E-state index contributed by atoms with van der Waals surface area (Å²) < 4.78 is 7.52. The van der Waals surface area contributed by atoms with Gasteiger partial charge in [-0.3, -0.25) is 19.6 Å². The van der Waals surface area contributed by atoms with Crippen LogP contribution in [0.4, 0.5) is 21.9 Å². The van der Waals surface area contributed by atoms with E-state index in [0.29, 0.717) is 19.0 Å². The van der Waals surface area contributed by atoms with Crippen molar-refractivity contribution >= 4 is 34.0 Å². The van der Waals surface area contributed by atoms with Crippen molar-refractivity contribution in [3.8, 4) is 17.1 Å². The number of rotatable bonds is 5. The first-order valence-electron chi connectivity index (χ1n) is 11.4. The predicted octanol–water partition coefficient (Wildman–Crippen LogP) is 5.04. The van der Waals surface area contributed by atoms with Crippen molar-refractivity contribution < 1.29 is 9.53 Å². The Bertz CT molecular complexity index is 1520. The summed E-state index contributed by atoms with van der Waals surface area (Å²) in [6.45, 7) is 2.95. The lowest BCUT2D eigenvalue weighted by Gasteiger charge is -2.37. The minimum Gasteiger partial charge on any atom is -0.494 e. The molecule has 0 aliphatic carbocycles. The molecule has 35 heavy (non-hydrogen) atoms. The first-order valence-corrected chi connectivity index (χ1v) is 11.4. The number of aromatic nitrogens is 5. The van der Waals surface area contributed by atoms with E-state index in [4.69, 9.17) is 4.74 Å². The molecule has 1 aliphatic rings. The third-order valence-corrected chi connectivity index (χ3v) is 6.09. The van der Waals surface area contributed by atoms with Crippen LogP contribution in [0.5, 0.6) is 5.75 Å². The maximum Gasteiger partial charge on any atom is 0.333 e. The van der Waals surface area contributed by atoms with Crippen LogP contribution >= 0.6 is 0 Å². The van der Waals surface area contributed by atoms with Gasteiger partial charge in [0, 0.05) is 35.9 Å². The number of aryl methyl sites for hydroxylation is 1. The molecule has 0 radical (unpaired) electrons. The smallest absolute Gasteiger partial charge is 0.333 e. The van der Waals surface area contributed by atoms with Gasteiger partial charge in [0.2, 0.25) is 0 Å². The Hall–Kier alpha value is -4.66. The lowest BCUT2D eigenvalue weighted by molar-refractivity contribution is 0.252. The molecule has 0 spiro atoms. The highest BCUT2D eigenvalue weighted by atomic mass is 16.5. The number of fused-ring (bicyclic) bond motifs is 2. The summed E-state index contributed by atoms with van der Waals surface area (Å²) in [5.41, 5.74) is 5.18. The van der Waals surface area contributed by atoms with E-state index in [1.807, 2.05) is 80.8 Å². The second kappa shape index (κ2) is 8.28. The molecule has 0 bridgehead atoms. The molecule has 9 heteroatoms. The molecule has 1 aliphatic heterocycles. The van der Waals surface area contributed by atoms with Crippen LogP contribution in [0, 0.1) is 0 Å². The highest BCUT2D eigenvalue weighted by molar-refractivity contribution is 6.11. The van der Waals surface area contributed by atoms with E-state index < -0.39 is 0 Å². The molecule has 0 saturated carbocycles. The molecule has 2 aromatic heterocycles. The zero-order chi connectivity index (χ0) is 23.9. The zero-order valence-corrected chi connectivity index (χ0v) is 19.3.